The molecule has 0 N–H and O–H groups in total. The molecule has 2 heterocycles. The third kappa shape index (κ3) is 2.97. The highest BCUT2D eigenvalue weighted by Crippen LogP contribution is 2.37. The van der Waals surface area contributed by atoms with E-state index in [1.54, 1.807) is 28.8 Å². The van der Waals surface area contributed by atoms with Gasteiger partial charge in [0.1, 0.15) is 17.1 Å². The number of alkyl halides is 3. The average Bonchev–Trinajstić information content (AvgIpc) is 2.98. The van der Waals surface area contributed by atoms with E-state index in [0.29, 0.717) is 17.8 Å². The van der Waals surface area contributed by atoms with Crippen LogP contribution in [-0.2, 0) is 12.6 Å². The summed E-state index contributed by atoms with van der Waals surface area (Å²) in [7, 11) is 1.16. The molecule has 0 bridgehead atoms. The number of hydrogen-bond acceptors (Lipinski definition) is 3. The molecule has 0 aliphatic carbocycles. The summed E-state index contributed by atoms with van der Waals surface area (Å²) in [4.78, 5) is 17.3. The van der Waals surface area contributed by atoms with E-state index >= 15 is 0 Å². The summed E-state index contributed by atoms with van der Waals surface area (Å²) < 4.78 is 46.0. The van der Waals surface area contributed by atoms with Gasteiger partial charge in [0, 0.05) is 11.8 Å². The van der Waals surface area contributed by atoms with Crippen molar-refractivity contribution >= 4 is 11.4 Å². The number of carbonyl (C=O) groups excluding carboxylic acids is 1. The van der Waals surface area contributed by atoms with Crippen LogP contribution in [0, 0.1) is 0 Å². The Morgan fingerprint density at radius 2 is 2.00 bits per heavy atom. The van der Waals surface area contributed by atoms with Gasteiger partial charge in [0.15, 0.2) is 0 Å². The summed E-state index contributed by atoms with van der Waals surface area (Å²) in [5.74, 6) is -0.832. The van der Waals surface area contributed by atoms with Gasteiger partial charge < -0.3 is 4.74 Å². The quantitative estimate of drug-likeness (QED) is 0.665. The first-order valence-corrected chi connectivity index (χ1v) is 7.62. The van der Waals surface area contributed by atoms with Gasteiger partial charge in [-0.15, -0.1) is 0 Å². The van der Waals surface area contributed by atoms with Gasteiger partial charge in [-0.05, 0) is 36.8 Å². The number of pyridine rings is 1. The number of ether oxygens (including phenoxy) is 1. The van der Waals surface area contributed by atoms with E-state index in [4.69, 9.17) is 4.74 Å². The number of aromatic nitrogens is 2. The minimum Gasteiger partial charge on any atom is -0.496 e. The van der Waals surface area contributed by atoms with Gasteiger partial charge in [-0.3, -0.25) is 9.20 Å². The SMILES string of the molecule is CCc1nc2ccccn2c1C(=O)c1ccc(OC)c(C(F)(F)F)c1. The number of hydrogen-bond donors (Lipinski definition) is 0. The molecular weight excluding hydrogens is 333 g/mol. The zero-order valence-electron chi connectivity index (χ0n) is 13.6. The van der Waals surface area contributed by atoms with Crippen LogP contribution in [0.15, 0.2) is 42.6 Å². The molecule has 25 heavy (non-hydrogen) atoms. The first-order valence-electron chi connectivity index (χ1n) is 7.62. The van der Waals surface area contributed by atoms with Gasteiger partial charge in [-0.2, -0.15) is 13.2 Å². The number of carbonyl (C=O) groups is 1. The Balaban J connectivity index is 2.17. The molecular formula is C18H15F3N2O2. The molecule has 0 spiro atoms. The van der Waals surface area contributed by atoms with Crippen LogP contribution in [0.4, 0.5) is 13.2 Å². The van der Waals surface area contributed by atoms with Crippen LogP contribution in [0.3, 0.4) is 0 Å². The first kappa shape index (κ1) is 17.0. The van der Waals surface area contributed by atoms with Crippen molar-refractivity contribution in [2.24, 2.45) is 0 Å². The molecule has 0 saturated carbocycles. The fourth-order valence-corrected chi connectivity index (χ4v) is 2.74. The summed E-state index contributed by atoms with van der Waals surface area (Å²) >= 11 is 0. The maximum absolute atomic E-state index is 13.2. The van der Waals surface area contributed by atoms with Gasteiger partial charge in [0.25, 0.3) is 0 Å². The number of aryl methyl sites for hydroxylation is 1. The Morgan fingerprint density at radius 1 is 1.24 bits per heavy atom. The molecule has 0 aliphatic rings. The number of nitrogens with zero attached hydrogens (tertiary/aromatic N) is 2. The molecule has 0 fully saturated rings. The largest absolute Gasteiger partial charge is 0.496 e. The van der Waals surface area contributed by atoms with Crippen molar-refractivity contribution in [2.45, 2.75) is 19.5 Å². The highest BCUT2D eigenvalue weighted by molar-refractivity contribution is 6.09. The fourth-order valence-electron chi connectivity index (χ4n) is 2.74. The van der Waals surface area contributed by atoms with E-state index in [9.17, 15) is 18.0 Å². The summed E-state index contributed by atoms with van der Waals surface area (Å²) in [6.07, 6.45) is -2.46. The topological polar surface area (TPSA) is 43.6 Å². The van der Waals surface area contributed by atoms with E-state index in [1.165, 1.54) is 6.07 Å². The van der Waals surface area contributed by atoms with Crippen molar-refractivity contribution in [2.75, 3.05) is 7.11 Å². The van der Waals surface area contributed by atoms with Crippen LogP contribution >= 0.6 is 0 Å². The molecule has 7 heteroatoms. The highest BCUT2D eigenvalue weighted by Gasteiger charge is 2.35. The number of fused-ring (bicyclic) bond motifs is 1. The summed E-state index contributed by atoms with van der Waals surface area (Å²) in [5, 5.41) is 0. The molecule has 0 atom stereocenters. The van der Waals surface area contributed by atoms with Crippen LogP contribution in [0.1, 0.15) is 34.2 Å². The van der Waals surface area contributed by atoms with Crippen molar-refractivity contribution in [1.29, 1.82) is 0 Å². The number of benzene rings is 1. The van der Waals surface area contributed by atoms with Crippen molar-refractivity contribution in [1.82, 2.24) is 9.38 Å². The van der Waals surface area contributed by atoms with Crippen LogP contribution in [0.25, 0.3) is 5.65 Å². The lowest BCUT2D eigenvalue weighted by Crippen LogP contribution is -2.12. The Kier molecular flexibility index (Phi) is 4.24. The first-order chi connectivity index (χ1) is 11.9. The number of rotatable bonds is 4. The molecule has 3 rings (SSSR count). The molecule has 0 radical (unpaired) electrons. The van der Waals surface area contributed by atoms with Crippen molar-refractivity contribution in [3.8, 4) is 5.75 Å². The molecule has 0 amide bonds. The molecule has 0 saturated heterocycles. The maximum Gasteiger partial charge on any atom is 0.419 e. The summed E-state index contributed by atoms with van der Waals surface area (Å²) in [5.41, 5.74) is 0.352. The van der Waals surface area contributed by atoms with E-state index in [-0.39, 0.29) is 17.0 Å². The van der Waals surface area contributed by atoms with Crippen molar-refractivity contribution in [3.05, 3.63) is 65.1 Å². The number of ketones is 1. The second-order valence-electron chi connectivity index (χ2n) is 5.43. The molecule has 1 aromatic carbocycles. The Bertz CT molecular complexity index is 945. The summed E-state index contributed by atoms with van der Waals surface area (Å²) in [6, 6.07) is 8.57. The lowest BCUT2D eigenvalue weighted by Gasteiger charge is -2.13. The third-order valence-corrected chi connectivity index (χ3v) is 3.92. The predicted molar refractivity (Wildman–Crippen MR) is 86.0 cm³/mol. The summed E-state index contributed by atoms with van der Waals surface area (Å²) in [6.45, 7) is 1.84. The normalized spacial score (nSPS) is 11.7. The second kappa shape index (κ2) is 6.23. The third-order valence-electron chi connectivity index (χ3n) is 3.92. The standard InChI is InChI=1S/C18H15F3N2O2/c1-3-13-16(23-9-5-4-6-15(23)22-13)17(24)11-7-8-14(25-2)12(10-11)18(19,20)21/h4-10H,3H2,1-2H3. The Morgan fingerprint density at radius 3 is 2.64 bits per heavy atom. The average molecular weight is 348 g/mol. The Hall–Kier alpha value is -2.83. The molecule has 130 valence electrons. The minimum atomic E-state index is -4.62. The molecule has 0 aliphatic heterocycles. The molecule has 3 aromatic rings. The zero-order chi connectivity index (χ0) is 18.2. The van der Waals surface area contributed by atoms with E-state index < -0.39 is 17.5 Å². The lowest BCUT2D eigenvalue weighted by atomic mass is 10.0. The smallest absolute Gasteiger partial charge is 0.419 e. The Labute approximate surface area is 141 Å². The molecule has 2 aromatic heterocycles. The van der Waals surface area contributed by atoms with Gasteiger partial charge in [-0.1, -0.05) is 13.0 Å². The predicted octanol–water partition coefficient (Wildman–Crippen LogP) is 4.16. The van der Waals surface area contributed by atoms with Gasteiger partial charge in [-0.25, -0.2) is 4.98 Å². The monoisotopic (exact) mass is 348 g/mol. The van der Waals surface area contributed by atoms with E-state index in [1.807, 2.05) is 6.92 Å². The van der Waals surface area contributed by atoms with E-state index in [0.717, 1.165) is 19.2 Å². The van der Waals surface area contributed by atoms with Gasteiger partial charge >= 0.3 is 6.18 Å². The minimum absolute atomic E-state index is 0.0616. The van der Waals surface area contributed by atoms with Crippen LogP contribution in [0.5, 0.6) is 5.75 Å². The van der Waals surface area contributed by atoms with Crippen molar-refractivity contribution < 1.29 is 22.7 Å². The highest BCUT2D eigenvalue weighted by atomic mass is 19.4. The molecule has 0 unspecified atom stereocenters. The fraction of sp³-hybridized carbons (Fsp3) is 0.222. The molecule has 4 nitrogen and oxygen atoms in total. The second-order valence-corrected chi connectivity index (χ2v) is 5.43. The van der Waals surface area contributed by atoms with Gasteiger partial charge in [0.05, 0.1) is 18.4 Å². The number of imidazole rings is 1. The lowest BCUT2D eigenvalue weighted by molar-refractivity contribution is -0.138. The number of halogens is 3. The number of methoxy groups -OCH3 is 1. The van der Waals surface area contributed by atoms with Gasteiger partial charge in [0.2, 0.25) is 5.78 Å². The maximum atomic E-state index is 13.2. The van der Waals surface area contributed by atoms with Crippen LogP contribution < -0.4 is 4.74 Å². The van der Waals surface area contributed by atoms with Crippen molar-refractivity contribution in [3.63, 3.8) is 0 Å². The zero-order valence-corrected chi connectivity index (χ0v) is 13.6. The van der Waals surface area contributed by atoms with Crippen LogP contribution in [0.2, 0.25) is 0 Å². The van der Waals surface area contributed by atoms with Crippen LogP contribution in [-0.4, -0.2) is 22.3 Å². The van der Waals surface area contributed by atoms with E-state index in [2.05, 4.69) is 4.98 Å².